The van der Waals surface area contributed by atoms with Crippen molar-refractivity contribution in [3.8, 4) is 0 Å². The van der Waals surface area contributed by atoms with E-state index in [1.165, 1.54) is 12.5 Å². The van der Waals surface area contributed by atoms with Gasteiger partial charge in [-0.1, -0.05) is 30.3 Å². The molecule has 0 saturated carbocycles. The summed E-state index contributed by atoms with van der Waals surface area (Å²) in [5, 5.41) is 11.7. The Kier molecular flexibility index (Phi) is 6.42. The molecule has 2 atom stereocenters. The van der Waals surface area contributed by atoms with Crippen LogP contribution in [0.15, 0.2) is 30.3 Å². The van der Waals surface area contributed by atoms with Crippen LogP contribution in [0, 0.1) is 0 Å². The van der Waals surface area contributed by atoms with Crippen LogP contribution < -0.4 is 5.32 Å². The number of hydrogen-bond acceptors (Lipinski definition) is 3. The quantitative estimate of drug-likeness (QED) is 0.805. The lowest BCUT2D eigenvalue weighted by Gasteiger charge is -2.15. The molecule has 1 aromatic carbocycles. The summed E-state index contributed by atoms with van der Waals surface area (Å²) in [5.74, 6) is -0.607. The number of carbonyl (C=O) groups is 2. The molecule has 0 radical (unpaired) electrons. The van der Waals surface area contributed by atoms with Gasteiger partial charge in [0.1, 0.15) is 6.04 Å². The van der Waals surface area contributed by atoms with Gasteiger partial charge in [0.25, 0.3) is 0 Å². The highest BCUT2D eigenvalue weighted by Crippen LogP contribution is 2.28. The molecule has 5 heteroatoms. The zero-order valence-corrected chi connectivity index (χ0v) is 11.9. The lowest BCUT2D eigenvalue weighted by molar-refractivity contribution is -0.141. The fourth-order valence-corrected chi connectivity index (χ4v) is 2.76. The Morgan fingerprint density at radius 3 is 2.47 bits per heavy atom. The molecule has 0 aliphatic carbocycles. The zero-order chi connectivity index (χ0) is 14.3. The smallest absolute Gasteiger partial charge is 0.326 e. The zero-order valence-electron chi connectivity index (χ0n) is 11.1. The van der Waals surface area contributed by atoms with Crippen LogP contribution in [0.3, 0.4) is 0 Å². The third-order valence-corrected chi connectivity index (χ3v) is 3.96. The molecule has 0 aliphatic rings. The molecular formula is C14H19NO3S. The molecule has 0 bridgehead atoms. The van der Waals surface area contributed by atoms with Gasteiger partial charge in [-0.05, 0) is 24.7 Å². The molecule has 0 aliphatic heterocycles. The number of benzene rings is 1. The van der Waals surface area contributed by atoms with Crippen molar-refractivity contribution in [3.63, 3.8) is 0 Å². The summed E-state index contributed by atoms with van der Waals surface area (Å²) in [4.78, 5) is 21.9. The van der Waals surface area contributed by atoms with Crippen LogP contribution in [0.1, 0.15) is 31.1 Å². The van der Waals surface area contributed by atoms with Crippen molar-refractivity contribution in [1.82, 2.24) is 5.32 Å². The van der Waals surface area contributed by atoms with Gasteiger partial charge >= 0.3 is 5.97 Å². The van der Waals surface area contributed by atoms with E-state index in [9.17, 15) is 9.59 Å². The fraction of sp³-hybridized carbons (Fsp3) is 0.429. The van der Waals surface area contributed by atoms with Crippen LogP contribution in [0.5, 0.6) is 0 Å². The van der Waals surface area contributed by atoms with E-state index in [2.05, 4.69) is 24.4 Å². The maximum atomic E-state index is 11.0. The van der Waals surface area contributed by atoms with Crippen molar-refractivity contribution < 1.29 is 14.7 Å². The van der Waals surface area contributed by atoms with Crippen LogP contribution >= 0.6 is 11.8 Å². The van der Waals surface area contributed by atoms with E-state index in [1.54, 1.807) is 11.8 Å². The van der Waals surface area contributed by atoms with Crippen LogP contribution in [-0.4, -0.2) is 28.8 Å². The predicted octanol–water partition coefficient (Wildman–Crippen LogP) is 2.46. The van der Waals surface area contributed by atoms with Gasteiger partial charge in [-0.25, -0.2) is 4.79 Å². The van der Waals surface area contributed by atoms with E-state index in [4.69, 9.17) is 5.11 Å². The average molecular weight is 281 g/mol. The molecule has 1 rings (SSSR count). The van der Waals surface area contributed by atoms with Crippen molar-refractivity contribution in [3.05, 3.63) is 35.9 Å². The SMILES string of the molecule is CC(=O)NC(CCSC(C)c1ccccc1)C(=O)O. The fourth-order valence-electron chi connectivity index (χ4n) is 1.69. The molecule has 2 N–H and O–H groups in total. The number of nitrogens with one attached hydrogen (secondary N) is 1. The largest absolute Gasteiger partial charge is 0.480 e. The highest BCUT2D eigenvalue weighted by Gasteiger charge is 2.18. The number of hydrogen-bond donors (Lipinski definition) is 2. The van der Waals surface area contributed by atoms with E-state index in [1.807, 2.05) is 18.2 Å². The first-order chi connectivity index (χ1) is 9.00. The summed E-state index contributed by atoms with van der Waals surface area (Å²) in [7, 11) is 0. The van der Waals surface area contributed by atoms with Crippen molar-refractivity contribution >= 4 is 23.6 Å². The summed E-state index contributed by atoms with van der Waals surface area (Å²) in [6, 6.07) is 9.26. The van der Waals surface area contributed by atoms with E-state index in [0.29, 0.717) is 17.4 Å². The van der Waals surface area contributed by atoms with Gasteiger partial charge in [-0.15, -0.1) is 0 Å². The molecule has 0 fully saturated rings. The van der Waals surface area contributed by atoms with Crippen LogP contribution in [-0.2, 0) is 9.59 Å². The number of thioether (sulfide) groups is 1. The van der Waals surface area contributed by atoms with Gasteiger partial charge < -0.3 is 10.4 Å². The van der Waals surface area contributed by atoms with E-state index >= 15 is 0 Å². The number of aliphatic carboxylic acids is 1. The Balaban J connectivity index is 2.40. The first-order valence-corrected chi connectivity index (χ1v) is 7.22. The Hall–Kier alpha value is -1.49. The van der Waals surface area contributed by atoms with Gasteiger partial charge in [0.2, 0.25) is 5.91 Å². The molecule has 0 heterocycles. The second kappa shape index (κ2) is 7.84. The highest BCUT2D eigenvalue weighted by atomic mass is 32.2. The standard InChI is InChI=1S/C14H19NO3S/c1-10(12-6-4-3-5-7-12)19-9-8-13(14(17)18)15-11(2)16/h3-7,10,13H,8-9H2,1-2H3,(H,15,16)(H,17,18). The second-order valence-corrected chi connectivity index (χ2v) is 5.75. The first kappa shape index (κ1) is 15.6. The van der Waals surface area contributed by atoms with Gasteiger partial charge in [-0.2, -0.15) is 11.8 Å². The summed E-state index contributed by atoms with van der Waals surface area (Å²) in [5.41, 5.74) is 1.22. The molecule has 1 aromatic rings. The average Bonchev–Trinajstić information content (AvgIpc) is 2.37. The Morgan fingerprint density at radius 2 is 1.95 bits per heavy atom. The molecule has 104 valence electrons. The number of carbonyl (C=O) groups excluding carboxylic acids is 1. The van der Waals surface area contributed by atoms with Crippen molar-refractivity contribution in [2.24, 2.45) is 0 Å². The van der Waals surface area contributed by atoms with Crippen LogP contribution in [0.25, 0.3) is 0 Å². The summed E-state index contributed by atoms with van der Waals surface area (Å²) >= 11 is 1.69. The van der Waals surface area contributed by atoms with Gasteiger partial charge in [0, 0.05) is 12.2 Å². The predicted molar refractivity (Wildman–Crippen MR) is 77.2 cm³/mol. The van der Waals surface area contributed by atoms with E-state index < -0.39 is 12.0 Å². The third kappa shape index (κ3) is 5.79. The topological polar surface area (TPSA) is 66.4 Å². The Labute approximate surface area is 117 Å². The summed E-state index contributed by atoms with van der Waals surface area (Å²) < 4.78 is 0. The molecule has 0 spiro atoms. The number of amides is 1. The monoisotopic (exact) mass is 281 g/mol. The normalized spacial score (nSPS) is 13.6. The minimum atomic E-state index is -0.983. The molecule has 4 nitrogen and oxygen atoms in total. The number of carboxylic acid groups (broad SMARTS) is 1. The first-order valence-electron chi connectivity index (χ1n) is 6.17. The number of carboxylic acids is 1. The van der Waals surface area contributed by atoms with Gasteiger partial charge in [0.05, 0.1) is 0 Å². The van der Waals surface area contributed by atoms with Crippen molar-refractivity contribution in [2.45, 2.75) is 31.6 Å². The molecule has 19 heavy (non-hydrogen) atoms. The molecule has 2 unspecified atom stereocenters. The van der Waals surface area contributed by atoms with E-state index in [0.717, 1.165) is 0 Å². The van der Waals surface area contributed by atoms with E-state index in [-0.39, 0.29) is 5.91 Å². The minimum Gasteiger partial charge on any atom is -0.480 e. The Bertz CT molecular complexity index is 422. The number of rotatable bonds is 7. The molecular weight excluding hydrogens is 262 g/mol. The highest BCUT2D eigenvalue weighted by molar-refractivity contribution is 7.99. The molecule has 0 saturated heterocycles. The lowest BCUT2D eigenvalue weighted by atomic mass is 10.2. The van der Waals surface area contributed by atoms with Gasteiger partial charge in [0.15, 0.2) is 0 Å². The van der Waals surface area contributed by atoms with Crippen LogP contribution in [0.4, 0.5) is 0 Å². The molecule has 1 amide bonds. The second-order valence-electron chi connectivity index (χ2n) is 4.30. The Morgan fingerprint density at radius 1 is 1.32 bits per heavy atom. The summed E-state index contributed by atoms with van der Waals surface area (Å²) in [6.07, 6.45) is 0.427. The molecule has 0 aromatic heterocycles. The maximum Gasteiger partial charge on any atom is 0.326 e. The summed E-state index contributed by atoms with van der Waals surface area (Å²) in [6.45, 7) is 3.42. The van der Waals surface area contributed by atoms with Crippen molar-refractivity contribution in [1.29, 1.82) is 0 Å². The minimum absolute atomic E-state index is 0.312. The van der Waals surface area contributed by atoms with Gasteiger partial charge in [-0.3, -0.25) is 4.79 Å². The third-order valence-electron chi connectivity index (χ3n) is 2.72. The van der Waals surface area contributed by atoms with Crippen molar-refractivity contribution in [2.75, 3.05) is 5.75 Å². The van der Waals surface area contributed by atoms with Crippen LogP contribution in [0.2, 0.25) is 0 Å². The lowest BCUT2D eigenvalue weighted by Crippen LogP contribution is -2.39. The maximum absolute atomic E-state index is 11.0.